The number of halogens is 1. The monoisotopic (exact) mass is 280 g/mol. The fraction of sp³-hybridized carbons (Fsp3) is 0.533. The van der Waals surface area contributed by atoms with Gasteiger partial charge in [-0.3, -0.25) is 4.79 Å². The highest BCUT2D eigenvalue weighted by atomic mass is 19.1. The quantitative estimate of drug-likeness (QED) is 0.747. The highest BCUT2D eigenvalue weighted by Gasteiger charge is 2.22. The molecule has 1 aliphatic rings. The number of carbonyl (C=O) groups is 1. The molecular formula is C15H21FN2O2. The first-order chi connectivity index (χ1) is 9.69. The zero-order valence-electron chi connectivity index (χ0n) is 11.7. The molecule has 0 bridgehead atoms. The summed E-state index contributed by atoms with van der Waals surface area (Å²) in [5.41, 5.74) is 0.914. The summed E-state index contributed by atoms with van der Waals surface area (Å²) in [5, 5.41) is 6.03. The molecule has 0 saturated heterocycles. The molecule has 0 aliphatic carbocycles. The third kappa shape index (κ3) is 4.20. The van der Waals surface area contributed by atoms with Crippen molar-refractivity contribution in [3.8, 4) is 5.75 Å². The molecule has 5 heteroatoms. The van der Waals surface area contributed by atoms with Crippen LogP contribution >= 0.6 is 0 Å². The van der Waals surface area contributed by atoms with E-state index in [0.717, 1.165) is 24.3 Å². The Morgan fingerprint density at radius 1 is 1.45 bits per heavy atom. The molecule has 1 unspecified atom stereocenters. The molecule has 1 amide bonds. The van der Waals surface area contributed by atoms with E-state index in [1.165, 1.54) is 12.1 Å². The molecule has 0 saturated carbocycles. The Morgan fingerprint density at radius 2 is 2.30 bits per heavy atom. The van der Waals surface area contributed by atoms with Crippen LogP contribution in [0.1, 0.15) is 25.3 Å². The Kier molecular flexibility index (Phi) is 5.35. The molecule has 4 nitrogen and oxygen atoms in total. The number of ether oxygens (including phenoxy) is 1. The van der Waals surface area contributed by atoms with E-state index in [1.54, 1.807) is 6.07 Å². The lowest BCUT2D eigenvalue weighted by molar-refractivity contribution is -0.121. The van der Waals surface area contributed by atoms with Crippen LogP contribution in [-0.4, -0.2) is 31.6 Å². The van der Waals surface area contributed by atoms with E-state index in [0.29, 0.717) is 25.9 Å². The predicted octanol–water partition coefficient (Wildman–Crippen LogP) is 1.64. The normalized spacial score (nSPS) is 16.6. The van der Waals surface area contributed by atoms with Gasteiger partial charge in [0, 0.05) is 38.0 Å². The molecule has 20 heavy (non-hydrogen) atoms. The highest BCUT2D eigenvalue weighted by Crippen LogP contribution is 2.28. The Labute approximate surface area is 118 Å². The van der Waals surface area contributed by atoms with Gasteiger partial charge in [-0.1, -0.05) is 6.92 Å². The van der Waals surface area contributed by atoms with Gasteiger partial charge < -0.3 is 15.4 Å². The van der Waals surface area contributed by atoms with Gasteiger partial charge in [0.1, 0.15) is 17.7 Å². The summed E-state index contributed by atoms with van der Waals surface area (Å²) in [4.78, 5) is 11.4. The molecule has 1 aliphatic heterocycles. The molecule has 2 rings (SSSR count). The second-order valence-corrected chi connectivity index (χ2v) is 5.00. The maximum atomic E-state index is 13.1. The number of benzene rings is 1. The van der Waals surface area contributed by atoms with Crippen LogP contribution in [0.3, 0.4) is 0 Å². The summed E-state index contributed by atoms with van der Waals surface area (Å²) in [5.74, 6) is 0.601. The van der Waals surface area contributed by atoms with E-state index >= 15 is 0 Å². The van der Waals surface area contributed by atoms with Crippen molar-refractivity contribution in [1.82, 2.24) is 10.6 Å². The highest BCUT2D eigenvalue weighted by molar-refractivity contribution is 5.75. The van der Waals surface area contributed by atoms with Gasteiger partial charge in [0.2, 0.25) is 5.91 Å². The first kappa shape index (κ1) is 14.8. The van der Waals surface area contributed by atoms with E-state index < -0.39 is 0 Å². The number of fused-ring (bicyclic) bond motifs is 1. The van der Waals surface area contributed by atoms with Crippen LogP contribution < -0.4 is 15.4 Å². The minimum absolute atomic E-state index is 0.0190. The van der Waals surface area contributed by atoms with Gasteiger partial charge in [0.25, 0.3) is 0 Å². The standard InChI is InChI=1S/C15H21FN2O2/c1-2-6-18-15(19)5-7-17-10-13-9-11-8-12(16)3-4-14(11)20-13/h3-4,8,13,17H,2,5-7,9-10H2,1H3,(H,18,19). The maximum absolute atomic E-state index is 13.1. The molecule has 1 aromatic carbocycles. The molecular weight excluding hydrogens is 259 g/mol. The lowest BCUT2D eigenvalue weighted by atomic mass is 10.1. The van der Waals surface area contributed by atoms with Crippen LogP contribution in [0.15, 0.2) is 18.2 Å². The predicted molar refractivity (Wildman–Crippen MR) is 75.3 cm³/mol. The molecule has 0 radical (unpaired) electrons. The second-order valence-electron chi connectivity index (χ2n) is 5.00. The smallest absolute Gasteiger partial charge is 0.221 e. The Morgan fingerprint density at radius 3 is 3.10 bits per heavy atom. The number of rotatable bonds is 7. The van der Waals surface area contributed by atoms with Gasteiger partial charge >= 0.3 is 0 Å². The van der Waals surface area contributed by atoms with Crippen molar-refractivity contribution in [2.45, 2.75) is 32.3 Å². The number of hydrogen-bond donors (Lipinski definition) is 2. The molecule has 1 heterocycles. The average molecular weight is 280 g/mol. The molecule has 0 fully saturated rings. The molecule has 1 aromatic rings. The van der Waals surface area contributed by atoms with Gasteiger partial charge in [-0.15, -0.1) is 0 Å². The number of amides is 1. The topological polar surface area (TPSA) is 50.4 Å². The van der Waals surface area contributed by atoms with Crippen molar-refractivity contribution < 1.29 is 13.9 Å². The summed E-state index contributed by atoms with van der Waals surface area (Å²) in [6.07, 6.45) is 2.14. The van der Waals surface area contributed by atoms with Gasteiger partial charge in [0.15, 0.2) is 0 Å². The van der Waals surface area contributed by atoms with Crippen LogP contribution in [0, 0.1) is 5.82 Å². The van der Waals surface area contributed by atoms with Gasteiger partial charge in [-0.05, 0) is 24.6 Å². The van der Waals surface area contributed by atoms with Crippen molar-refractivity contribution in [3.05, 3.63) is 29.6 Å². The van der Waals surface area contributed by atoms with E-state index in [1.807, 2.05) is 6.92 Å². The minimum atomic E-state index is -0.228. The van der Waals surface area contributed by atoms with E-state index in [9.17, 15) is 9.18 Å². The lowest BCUT2D eigenvalue weighted by Gasteiger charge is -2.11. The lowest BCUT2D eigenvalue weighted by Crippen LogP contribution is -2.33. The molecule has 1 atom stereocenters. The van der Waals surface area contributed by atoms with Gasteiger partial charge in [-0.25, -0.2) is 4.39 Å². The molecule has 0 aromatic heterocycles. The van der Waals surface area contributed by atoms with E-state index in [2.05, 4.69) is 10.6 Å². The third-order valence-electron chi connectivity index (χ3n) is 3.24. The molecule has 2 N–H and O–H groups in total. The Bertz CT molecular complexity index is 465. The minimum Gasteiger partial charge on any atom is -0.488 e. The second kappa shape index (κ2) is 7.24. The average Bonchev–Trinajstić information content (AvgIpc) is 2.83. The van der Waals surface area contributed by atoms with Crippen LogP contribution in [0.2, 0.25) is 0 Å². The van der Waals surface area contributed by atoms with Crippen LogP contribution in [0.4, 0.5) is 4.39 Å². The fourth-order valence-electron chi connectivity index (χ4n) is 2.22. The van der Waals surface area contributed by atoms with Crippen LogP contribution in [0.5, 0.6) is 5.75 Å². The summed E-state index contributed by atoms with van der Waals surface area (Å²) >= 11 is 0. The summed E-state index contributed by atoms with van der Waals surface area (Å²) < 4.78 is 18.8. The van der Waals surface area contributed by atoms with Crippen molar-refractivity contribution in [3.63, 3.8) is 0 Å². The van der Waals surface area contributed by atoms with Crippen molar-refractivity contribution in [2.24, 2.45) is 0 Å². The third-order valence-corrected chi connectivity index (χ3v) is 3.24. The zero-order valence-corrected chi connectivity index (χ0v) is 11.7. The van der Waals surface area contributed by atoms with Crippen LogP contribution in [-0.2, 0) is 11.2 Å². The summed E-state index contributed by atoms with van der Waals surface area (Å²) in [7, 11) is 0. The van der Waals surface area contributed by atoms with E-state index in [4.69, 9.17) is 4.74 Å². The number of hydrogen-bond acceptors (Lipinski definition) is 3. The SMILES string of the molecule is CCCNC(=O)CCNCC1Cc2cc(F)ccc2O1. The number of nitrogens with one attached hydrogen (secondary N) is 2. The molecule has 110 valence electrons. The van der Waals surface area contributed by atoms with Crippen molar-refractivity contribution in [1.29, 1.82) is 0 Å². The van der Waals surface area contributed by atoms with Crippen molar-refractivity contribution in [2.75, 3.05) is 19.6 Å². The zero-order chi connectivity index (χ0) is 14.4. The largest absolute Gasteiger partial charge is 0.488 e. The first-order valence-corrected chi connectivity index (χ1v) is 7.11. The summed E-state index contributed by atoms with van der Waals surface area (Å²) in [6, 6.07) is 4.60. The first-order valence-electron chi connectivity index (χ1n) is 7.11. The molecule has 0 spiro atoms. The van der Waals surface area contributed by atoms with E-state index in [-0.39, 0.29) is 17.8 Å². The van der Waals surface area contributed by atoms with Crippen LogP contribution in [0.25, 0.3) is 0 Å². The van der Waals surface area contributed by atoms with Gasteiger partial charge in [-0.2, -0.15) is 0 Å². The number of carbonyl (C=O) groups excluding carboxylic acids is 1. The maximum Gasteiger partial charge on any atom is 0.221 e. The Balaban J connectivity index is 1.64. The van der Waals surface area contributed by atoms with Crippen molar-refractivity contribution >= 4 is 5.91 Å². The summed E-state index contributed by atoms with van der Waals surface area (Å²) in [6.45, 7) is 4.04. The fourth-order valence-corrected chi connectivity index (χ4v) is 2.22. The van der Waals surface area contributed by atoms with Gasteiger partial charge in [0.05, 0.1) is 0 Å². The Hall–Kier alpha value is -1.62.